The van der Waals surface area contributed by atoms with Gasteiger partial charge in [0.25, 0.3) is 0 Å². The predicted molar refractivity (Wildman–Crippen MR) is 91.9 cm³/mol. The maximum absolute atomic E-state index is 12.3. The van der Waals surface area contributed by atoms with E-state index in [2.05, 4.69) is 9.73 Å². The van der Waals surface area contributed by atoms with Crippen LogP contribution in [0.3, 0.4) is 0 Å². The van der Waals surface area contributed by atoms with E-state index in [1.807, 2.05) is 30.5 Å². The van der Waals surface area contributed by atoms with E-state index in [0.29, 0.717) is 5.56 Å². The molecular formula is C18H13F2NO3S. The van der Waals surface area contributed by atoms with Gasteiger partial charge in [-0.15, -0.1) is 11.8 Å². The number of carbonyl (C=O) groups is 1. The largest absolute Gasteiger partial charge is 0.435 e. The number of cyclic esters (lactones) is 1. The van der Waals surface area contributed by atoms with Gasteiger partial charge in [0.2, 0.25) is 5.90 Å². The molecule has 1 heterocycles. The predicted octanol–water partition coefficient (Wildman–Crippen LogP) is 4.35. The molecule has 128 valence electrons. The maximum atomic E-state index is 12.3. The lowest BCUT2D eigenvalue weighted by Crippen LogP contribution is -2.07. The van der Waals surface area contributed by atoms with Gasteiger partial charge in [0.05, 0.1) is 0 Å². The second kappa shape index (κ2) is 7.48. The van der Waals surface area contributed by atoms with Crippen LogP contribution < -0.4 is 4.74 Å². The van der Waals surface area contributed by atoms with Crippen LogP contribution in [0.25, 0.3) is 6.08 Å². The molecule has 0 radical (unpaired) electrons. The molecule has 25 heavy (non-hydrogen) atoms. The Morgan fingerprint density at radius 1 is 1.20 bits per heavy atom. The van der Waals surface area contributed by atoms with Gasteiger partial charge in [-0.25, -0.2) is 9.79 Å². The van der Waals surface area contributed by atoms with Crippen LogP contribution in [0.1, 0.15) is 11.1 Å². The first-order chi connectivity index (χ1) is 12.0. The Morgan fingerprint density at radius 2 is 1.96 bits per heavy atom. The molecule has 3 rings (SSSR count). The number of alkyl halides is 2. The third kappa shape index (κ3) is 4.24. The Hall–Kier alpha value is -2.67. The highest BCUT2D eigenvalue weighted by Crippen LogP contribution is 2.23. The van der Waals surface area contributed by atoms with E-state index >= 15 is 0 Å². The van der Waals surface area contributed by atoms with Gasteiger partial charge in [-0.1, -0.05) is 18.2 Å². The molecule has 0 saturated heterocycles. The van der Waals surface area contributed by atoms with Gasteiger partial charge in [0.1, 0.15) is 5.75 Å². The number of hydrogen-bond donors (Lipinski definition) is 0. The Labute approximate surface area is 147 Å². The molecule has 7 heteroatoms. The quantitative estimate of drug-likeness (QED) is 0.451. The first-order valence-corrected chi connectivity index (χ1v) is 8.49. The SMILES string of the molecule is CSc1ccc(/C=C2/N=C(c3cccc(OC(F)F)c3)OC2=O)cc1. The van der Waals surface area contributed by atoms with Crippen molar-refractivity contribution in [3.8, 4) is 5.75 Å². The van der Waals surface area contributed by atoms with E-state index in [1.54, 1.807) is 23.9 Å². The maximum Gasteiger partial charge on any atom is 0.387 e. The number of aliphatic imine (C=N–C) groups is 1. The minimum atomic E-state index is -2.93. The zero-order valence-corrected chi connectivity index (χ0v) is 13.9. The molecule has 0 unspecified atom stereocenters. The van der Waals surface area contributed by atoms with E-state index in [-0.39, 0.29) is 17.3 Å². The van der Waals surface area contributed by atoms with E-state index in [9.17, 15) is 13.6 Å². The van der Waals surface area contributed by atoms with Crippen molar-refractivity contribution in [1.82, 2.24) is 0 Å². The van der Waals surface area contributed by atoms with Crippen molar-refractivity contribution < 1.29 is 23.0 Å². The van der Waals surface area contributed by atoms with E-state index in [1.165, 1.54) is 18.2 Å². The molecule has 4 nitrogen and oxygen atoms in total. The molecule has 0 bridgehead atoms. The van der Waals surface area contributed by atoms with E-state index in [0.717, 1.165) is 10.5 Å². The summed E-state index contributed by atoms with van der Waals surface area (Å²) in [5.74, 6) is -0.572. The highest BCUT2D eigenvalue weighted by atomic mass is 32.2. The minimum absolute atomic E-state index is 0.0312. The summed E-state index contributed by atoms with van der Waals surface area (Å²) in [6.07, 6.45) is 3.59. The van der Waals surface area contributed by atoms with Crippen LogP contribution in [0.5, 0.6) is 5.75 Å². The number of nitrogens with zero attached hydrogens (tertiary/aromatic N) is 1. The highest BCUT2D eigenvalue weighted by Gasteiger charge is 2.24. The zero-order chi connectivity index (χ0) is 17.8. The van der Waals surface area contributed by atoms with E-state index < -0.39 is 12.6 Å². The summed E-state index contributed by atoms with van der Waals surface area (Å²) in [6.45, 7) is -2.93. The van der Waals surface area contributed by atoms with Crippen LogP contribution in [-0.2, 0) is 9.53 Å². The Kier molecular flexibility index (Phi) is 5.14. The lowest BCUT2D eigenvalue weighted by molar-refractivity contribution is -0.129. The number of ether oxygens (including phenoxy) is 2. The summed E-state index contributed by atoms with van der Waals surface area (Å²) in [5, 5.41) is 0. The molecule has 0 aliphatic carbocycles. The molecule has 0 saturated carbocycles. The van der Waals surface area contributed by atoms with Crippen LogP contribution in [0.2, 0.25) is 0 Å². The molecule has 0 fully saturated rings. The second-order valence-electron chi connectivity index (χ2n) is 5.02. The fraction of sp³-hybridized carbons (Fsp3) is 0.111. The summed E-state index contributed by atoms with van der Waals surface area (Å²) < 4.78 is 34.1. The Balaban J connectivity index is 1.85. The fourth-order valence-electron chi connectivity index (χ4n) is 2.20. The lowest BCUT2D eigenvalue weighted by atomic mass is 10.2. The van der Waals surface area contributed by atoms with Crippen LogP contribution in [-0.4, -0.2) is 24.7 Å². The second-order valence-corrected chi connectivity index (χ2v) is 5.90. The molecule has 1 aliphatic heterocycles. The topological polar surface area (TPSA) is 47.9 Å². The summed E-state index contributed by atoms with van der Waals surface area (Å²) in [7, 11) is 0. The van der Waals surface area contributed by atoms with Crippen molar-refractivity contribution in [2.75, 3.05) is 6.26 Å². The van der Waals surface area contributed by atoms with Crippen molar-refractivity contribution in [3.05, 3.63) is 65.4 Å². The van der Waals surface area contributed by atoms with Crippen LogP contribution >= 0.6 is 11.8 Å². The molecule has 0 amide bonds. The molecule has 0 N–H and O–H groups in total. The third-order valence-electron chi connectivity index (χ3n) is 3.35. The van der Waals surface area contributed by atoms with E-state index in [4.69, 9.17) is 4.74 Å². The van der Waals surface area contributed by atoms with Crippen LogP contribution in [0.15, 0.2) is 64.1 Å². The van der Waals surface area contributed by atoms with Crippen molar-refractivity contribution in [2.24, 2.45) is 4.99 Å². The Bertz CT molecular complexity index is 848. The van der Waals surface area contributed by atoms with Gasteiger partial charge >= 0.3 is 12.6 Å². The van der Waals surface area contributed by atoms with Gasteiger partial charge in [0.15, 0.2) is 5.70 Å². The number of benzene rings is 2. The fourth-order valence-corrected chi connectivity index (χ4v) is 2.60. The molecule has 1 aliphatic rings. The summed E-state index contributed by atoms with van der Waals surface area (Å²) in [5.41, 5.74) is 1.34. The average Bonchev–Trinajstić information content (AvgIpc) is 2.96. The number of esters is 1. The molecule has 0 spiro atoms. The third-order valence-corrected chi connectivity index (χ3v) is 4.09. The minimum Gasteiger partial charge on any atom is -0.435 e. The number of thioether (sulfide) groups is 1. The van der Waals surface area contributed by atoms with Crippen LogP contribution in [0.4, 0.5) is 8.78 Å². The van der Waals surface area contributed by atoms with Gasteiger partial charge in [-0.3, -0.25) is 0 Å². The first kappa shape index (κ1) is 17.2. The van der Waals surface area contributed by atoms with Gasteiger partial charge in [-0.2, -0.15) is 8.78 Å². The number of rotatable bonds is 5. The monoisotopic (exact) mass is 361 g/mol. The smallest absolute Gasteiger partial charge is 0.387 e. The Morgan fingerprint density at radius 3 is 2.64 bits per heavy atom. The van der Waals surface area contributed by atoms with Gasteiger partial charge < -0.3 is 9.47 Å². The van der Waals surface area contributed by atoms with Crippen molar-refractivity contribution in [2.45, 2.75) is 11.5 Å². The average molecular weight is 361 g/mol. The first-order valence-electron chi connectivity index (χ1n) is 7.27. The van der Waals surface area contributed by atoms with Crippen LogP contribution in [0, 0.1) is 0 Å². The molecule has 2 aromatic carbocycles. The summed E-state index contributed by atoms with van der Waals surface area (Å²) in [4.78, 5) is 17.3. The lowest BCUT2D eigenvalue weighted by Gasteiger charge is -2.05. The van der Waals surface area contributed by atoms with Crippen molar-refractivity contribution >= 4 is 29.7 Å². The number of hydrogen-bond acceptors (Lipinski definition) is 5. The summed E-state index contributed by atoms with van der Waals surface area (Å²) >= 11 is 1.62. The summed E-state index contributed by atoms with van der Waals surface area (Å²) in [6, 6.07) is 13.5. The molecule has 0 aromatic heterocycles. The standard InChI is InChI=1S/C18H13F2NO3S/c1-25-14-7-5-11(6-8-14)9-15-17(22)24-16(21-15)12-3-2-4-13(10-12)23-18(19)20/h2-10,18H,1H3/b15-9+. The van der Waals surface area contributed by atoms with Gasteiger partial charge in [-0.05, 0) is 48.2 Å². The zero-order valence-electron chi connectivity index (χ0n) is 13.1. The molecular weight excluding hydrogens is 348 g/mol. The number of halogens is 2. The van der Waals surface area contributed by atoms with Crippen molar-refractivity contribution in [1.29, 1.82) is 0 Å². The molecule has 0 atom stereocenters. The van der Waals surface area contributed by atoms with Gasteiger partial charge in [0, 0.05) is 10.5 Å². The van der Waals surface area contributed by atoms with Crippen molar-refractivity contribution in [3.63, 3.8) is 0 Å². The molecule has 2 aromatic rings. The normalized spacial score (nSPS) is 15.4. The number of carbonyl (C=O) groups excluding carboxylic acids is 1. The highest BCUT2D eigenvalue weighted by molar-refractivity contribution is 7.98.